The molecule has 6 aromatic rings. The van der Waals surface area contributed by atoms with Crippen LogP contribution in [0.4, 0.5) is 19.9 Å². The number of aromatic hydroxyl groups is 1. The molecule has 0 saturated carbocycles. The van der Waals surface area contributed by atoms with Crippen LogP contribution in [0.15, 0.2) is 105 Å². The van der Waals surface area contributed by atoms with Gasteiger partial charge in [-0.05, 0) is 65.4 Å². The van der Waals surface area contributed by atoms with Crippen molar-refractivity contribution in [3.8, 4) is 16.9 Å². The Hall–Kier alpha value is -5.79. The molecule has 0 fully saturated rings. The van der Waals surface area contributed by atoms with Crippen molar-refractivity contribution in [3.05, 3.63) is 129 Å². The second kappa shape index (κ2) is 15.2. The Bertz CT molecular complexity index is 2160. The Balaban J connectivity index is 0.00000260. The summed E-state index contributed by atoms with van der Waals surface area (Å²) in [5.74, 6) is -0.530. The average Bonchev–Trinajstić information content (AvgIpc) is 3.35. The predicted molar refractivity (Wildman–Crippen MR) is 180 cm³/mol. The van der Waals surface area contributed by atoms with Gasteiger partial charge in [-0.1, -0.05) is 54.6 Å². The van der Waals surface area contributed by atoms with Gasteiger partial charge in [-0.15, -0.1) is 0 Å². The van der Waals surface area contributed by atoms with Crippen LogP contribution in [-0.2, 0) is 19.5 Å². The molecule has 250 valence electrons. The maximum Gasteiger partial charge on any atom is 0.419 e. The Morgan fingerprint density at radius 2 is 1.69 bits per heavy atom. The molecule has 2 aromatic heterocycles. The van der Waals surface area contributed by atoms with Crippen molar-refractivity contribution in [1.82, 2.24) is 14.9 Å². The van der Waals surface area contributed by atoms with Crippen LogP contribution in [0.25, 0.3) is 33.1 Å². The first-order valence-corrected chi connectivity index (χ1v) is 14.8. The van der Waals surface area contributed by atoms with Crippen LogP contribution in [0, 0.1) is 0 Å². The normalized spacial score (nSPS) is 11.5. The van der Waals surface area contributed by atoms with Crippen LogP contribution in [0.5, 0.6) is 5.75 Å². The fourth-order valence-electron chi connectivity index (χ4n) is 5.72. The van der Waals surface area contributed by atoms with Gasteiger partial charge in [0, 0.05) is 36.7 Å². The van der Waals surface area contributed by atoms with Crippen LogP contribution < -0.4 is 21.9 Å². The number of benzene rings is 4. The van der Waals surface area contributed by atoms with Gasteiger partial charge in [0.25, 0.3) is 0 Å². The van der Waals surface area contributed by atoms with Crippen LogP contribution in [0.1, 0.15) is 29.2 Å². The van der Waals surface area contributed by atoms with E-state index >= 15 is 0 Å². The minimum atomic E-state index is -1.14. The number of fused-ring (bicyclic) bond motifs is 2. The number of halogens is 2. The number of nitrogens with one attached hydrogen (secondary N) is 3. The lowest BCUT2D eigenvalue weighted by Gasteiger charge is -2.15. The number of aryl methyl sites for hydroxylation is 2. The molecule has 0 saturated heterocycles. The Kier molecular flexibility index (Phi) is 11.1. The van der Waals surface area contributed by atoms with Gasteiger partial charge in [0.1, 0.15) is 5.75 Å². The molecule has 1 atom stereocenters. The molecular weight excluding hydrogens is 626 g/mol. The number of hydrogen-bond acceptors (Lipinski definition) is 7. The van der Waals surface area contributed by atoms with E-state index in [1.165, 1.54) is 12.1 Å². The molecule has 6 N–H and O–H groups in total. The van der Waals surface area contributed by atoms with Gasteiger partial charge < -0.3 is 30.0 Å². The number of aromatic amines is 1. The van der Waals surface area contributed by atoms with Gasteiger partial charge in [0.05, 0.1) is 22.8 Å². The summed E-state index contributed by atoms with van der Waals surface area (Å²) < 4.78 is 7.06. The summed E-state index contributed by atoms with van der Waals surface area (Å²) >= 11 is 0. The van der Waals surface area contributed by atoms with Gasteiger partial charge in [-0.25, -0.2) is 9.59 Å². The smallest absolute Gasteiger partial charge is 0.419 e. The fraction of sp³-hybridized carbons (Fsp3) is 0.171. The van der Waals surface area contributed by atoms with E-state index in [1.807, 2.05) is 60.7 Å². The number of oxazole rings is 1. The zero-order chi connectivity index (χ0) is 32.2. The van der Waals surface area contributed by atoms with E-state index in [-0.39, 0.29) is 32.8 Å². The van der Waals surface area contributed by atoms with Crippen LogP contribution in [0.3, 0.4) is 0 Å². The highest BCUT2D eigenvalue weighted by atomic mass is 19.0. The lowest BCUT2D eigenvalue weighted by molar-refractivity contribution is 0.176. The standard InChI is InChI=1S/C35H32N4O7.2FH/c40-29-13-11-25(26-12-15-32(42)38-33(26)29)30(41)20-36-19-22-9-14-31-28(18-22)39(35(45)46-31)16-4-5-21-8-10-24(23-6-2-1-3-7-23)27(17-21)37-34(43)44;;/h1-3,6-15,17-18,30,36-37,40-41H,4-5,16,19-20H2,(H,38,42)(H,43,44);2*1H/t30-;;/m0../s1. The number of nitrogens with zero attached hydrogens (tertiary/aromatic N) is 1. The summed E-state index contributed by atoms with van der Waals surface area (Å²) in [5.41, 5.74) is 5.62. The maximum atomic E-state index is 12.7. The molecule has 0 aliphatic heterocycles. The highest BCUT2D eigenvalue weighted by Crippen LogP contribution is 2.30. The lowest BCUT2D eigenvalue weighted by atomic mass is 9.99. The molecule has 0 radical (unpaired) electrons. The first kappa shape index (κ1) is 35.1. The van der Waals surface area contributed by atoms with E-state index in [0.717, 1.165) is 22.3 Å². The minimum Gasteiger partial charge on any atom is -0.506 e. The summed E-state index contributed by atoms with van der Waals surface area (Å²) in [7, 11) is 0. The molecule has 0 unspecified atom stereocenters. The van der Waals surface area contributed by atoms with Gasteiger partial charge in [0.15, 0.2) is 5.58 Å². The number of H-pyrrole nitrogens is 1. The van der Waals surface area contributed by atoms with Crippen molar-refractivity contribution in [2.75, 3.05) is 11.9 Å². The molecule has 48 heavy (non-hydrogen) atoms. The molecule has 1 amide bonds. The van der Waals surface area contributed by atoms with E-state index < -0.39 is 18.0 Å². The molecular formula is C35H34F2N4O7. The number of carboxylic acid groups (broad SMARTS) is 1. The second-order valence-electron chi connectivity index (χ2n) is 11.0. The monoisotopic (exact) mass is 660 g/mol. The van der Waals surface area contributed by atoms with Crippen LogP contribution in [-0.4, -0.2) is 37.5 Å². The predicted octanol–water partition coefficient (Wildman–Crippen LogP) is 5.66. The average molecular weight is 661 g/mol. The number of anilines is 1. The van der Waals surface area contributed by atoms with Crippen molar-refractivity contribution in [1.29, 1.82) is 0 Å². The molecule has 13 heteroatoms. The topological polar surface area (TPSA) is 170 Å². The molecule has 11 nitrogen and oxygen atoms in total. The summed E-state index contributed by atoms with van der Waals surface area (Å²) in [6.45, 7) is 1.02. The van der Waals surface area contributed by atoms with Gasteiger partial charge in [-0.2, -0.15) is 0 Å². The number of amides is 1. The third kappa shape index (κ3) is 7.60. The second-order valence-corrected chi connectivity index (χ2v) is 11.0. The Morgan fingerprint density at radius 3 is 2.46 bits per heavy atom. The molecule has 2 heterocycles. The molecule has 0 aliphatic carbocycles. The van der Waals surface area contributed by atoms with E-state index in [0.29, 0.717) is 53.7 Å². The zero-order valence-corrected chi connectivity index (χ0v) is 25.5. The number of phenolic OH excluding ortho intramolecular Hbond substituents is 1. The number of aliphatic hydroxyl groups is 1. The van der Waals surface area contributed by atoms with E-state index in [2.05, 4.69) is 15.6 Å². The van der Waals surface area contributed by atoms with Crippen molar-refractivity contribution < 1.29 is 33.9 Å². The largest absolute Gasteiger partial charge is 0.506 e. The van der Waals surface area contributed by atoms with E-state index in [4.69, 9.17) is 4.42 Å². The number of phenols is 1. The zero-order valence-electron chi connectivity index (χ0n) is 25.5. The Morgan fingerprint density at radius 1 is 0.917 bits per heavy atom. The van der Waals surface area contributed by atoms with Crippen molar-refractivity contribution in [2.24, 2.45) is 0 Å². The van der Waals surface area contributed by atoms with E-state index in [1.54, 1.807) is 22.8 Å². The van der Waals surface area contributed by atoms with Crippen molar-refractivity contribution in [2.45, 2.75) is 32.0 Å². The highest BCUT2D eigenvalue weighted by molar-refractivity contribution is 5.91. The highest BCUT2D eigenvalue weighted by Gasteiger charge is 2.15. The molecule has 4 aromatic carbocycles. The number of aliphatic hydroxyl groups excluding tert-OH is 1. The first-order valence-electron chi connectivity index (χ1n) is 14.8. The van der Waals surface area contributed by atoms with Crippen molar-refractivity contribution in [3.63, 3.8) is 0 Å². The quantitative estimate of drug-likeness (QED) is 0.103. The molecule has 0 spiro atoms. The third-order valence-corrected chi connectivity index (χ3v) is 7.92. The Labute approximate surface area is 271 Å². The number of pyridine rings is 1. The maximum absolute atomic E-state index is 12.7. The lowest BCUT2D eigenvalue weighted by Crippen LogP contribution is -2.21. The summed E-state index contributed by atoms with van der Waals surface area (Å²) in [6.07, 6.45) is -0.817. The third-order valence-electron chi connectivity index (χ3n) is 7.92. The SMILES string of the molecule is F.F.O=C(O)Nc1cc(CCCn2c(=O)oc3ccc(CNC[C@H](O)c4ccc(O)c5[nH]c(=O)ccc45)cc32)ccc1-c1ccccc1. The van der Waals surface area contributed by atoms with Gasteiger partial charge >= 0.3 is 11.8 Å². The number of aromatic nitrogens is 2. The number of carbonyl (C=O) groups is 1. The first-order chi connectivity index (χ1) is 22.3. The minimum absolute atomic E-state index is 0. The van der Waals surface area contributed by atoms with E-state index in [9.17, 15) is 29.7 Å². The molecule has 0 bridgehead atoms. The van der Waals surface area contributed by atoms with Crippen molar-refractivity contribution >= 4 is 33.8 Å². The van der Waals surface area contributed by atoms with Gasteiger partial charge in [-0.3, -0.25) is 24.1 Å². The van der Waals surface area contributed by atoms with Crippen LogP contribution in [0.2, 0.25) is 0 Å². The summed E-state index contributed by atoms with van der Waals surface area (Å²) in [4.78, 5) is 38.5. The molecule has 0 aliphatic rings. The molecule has 6 rings (SSSR count). The van der Waals surface area contributed by atoms with Gasteiger partial charge in [0.2, 0.25) is 5.56 Å². The number of hydrogen-bond donors (Lipinski definition) is 6. The fourth-order valence-corrected chi connectivity index (χ4v) is 5.72. The number of rotatable bonds is 11. The summed E-state index contributed by atoms with van der Waals surface area (Å²) in [5, 5.41) is 36.7. The van der Waals surface area contributed by atoms with Crippen LogP contribution >= 0.6 is 0 Å². The summed E-state index contributed by atoms with van der Waals surface area (Å²) in [6, 6.07) is 26.7.